The molecule has 0 spiro atoms. The molecule has 0 heterocycles. The number of amides is 1. The van der Waals surface area contributed by atoms with E-state index in [-0.39, 0.29) is 5.57 Å². The van der Waals surface area contributed by atoms with E-state index in [0.29, 0.717) is 46.0 Å². The highest BCUT2D eigenvalue weighted by Gasteiger charge is 2.12. The number of hydrogen-bond acceptors (Lipinski definition) is 5. The van der Waals surface area contributed by atoms with Gasteiger partial charge in [-0.2, -0.15) is 14.0 Å². The van der Waals surface area contributed by atoms with Gasteiger partial charge < -0.3 is 14.8 Å². The van der Waals surface area contributed by atoms with Gasteiger partial charge in [-0.25, -0.2) is 0 Å². The van der Waals surface area contributed by atoms with E-state index in [1.807, 2.05) is 13.0 Å². The lowest BCUT2D eigenvalue weighted by atomic mass is 10.1. The summed E-state index contributed by atoms with van der Waals surface area (Å²) < 4.78 is 35.6. The molecule has 2 rings (SSSR count). The second-order valence-corrected chi connectivity index (χ2v) is 6.85. The third-order valence-corrected chi connectivity index (χ3v) is 4.39. The van der Waals surface area contributed by atoms with Crippen LogP contribution in [0.5, 0.6) is 11.5 Å². The number of nitrogens with zero attached hydrogens (tertiary/aromatic N) is 1. The molecule has 0 saturated carbocycles. The van der Waals surface area contributed by atoms with Crippen molar-refractivity contribution >= 4 is 29.4 Å². The molecule has 152 valence electrons. The minimum Gasteiger partial charge on any atom is -0.493 e. The summed E-state index contributed by atoms with van der Waals surface area (Å²) in [6.07, 6.45) is 2.29. The molecule has 0 aliphatic rings. The highest BCUT2D eigenvalue weighted by atomic mass is 32.2. The Morgan fingerprint density at radius 1 is 1.24 bits per heavy atom. The average Bonchev–Trinajstić information content (AvgIpc) is 2.71. The summed E-state index contributed by atoms with van der Waals surface area (Å²) in [5.74, 6) is -2.04. The van der Waals surface area contributed by atoms with Crippen LogP contribution in [-0.4, -0.2) is 25.4 Å². The predicted molar refractivity (Wildman–Crippen MR) is 109 cm³/mol. The van der Waals surface area contributed by atoms with E-state index in [2.05, 4.69) is 5.32 Å². The summed E-state index contributed by atoms with van der Waals surface area (Å²) in [7, 11) is 1.51. The molecule has 0 bridgehead atoms. The van der Waals surface area contributed by atoms with Crippen molar-refractivity contribution < 1.29 is 23.0 Å². The Balaban J connectivity index is 2.14. The number of benzene rings is 2. The summed E-state index contributed by atoms with van der Waals surface area (Å²) in [5.41, 5.74) is 0.886. The van der Waals surface area contributed by atoms with E-state index in [4.69, 9.17) is 9.47 Å². The Bertz CT molecular complexity index is 909. The van der Waals surface area contributed by atoms with Crippen LogP contribution >= 0.6 is 11.8 Å². The molecular formula is C21H20F2N2O3S. The quantitative estimate of drug-likeness (QED) is 0.338. The molecule has 1 amide bonds. The number of nitriles is 1. The number of ether oxygens (including phenoxy) is 2. The number of carbonyl (C=O) groups excluding carboxylic acids is 1. The summed E-state index contributed by atoms with van der Waals surface area (Å²) in [6, 6.07) is 12.9. The smallest absolute Gasteiger partial charge is 0.288 e. The number of anilines is 1. The van der Waals surface area contributed by atoms with E-state index < -0.39 is 11.7 Å². The molecule has 8 heteroatoms. The van der Waals surface area contributed by atoms with E-state index in [9.17, 15) is 18.8 Å². The van der Waals surface area contributed by atoms with Gasteiger partial charge in [-0.1, -0.05) is 24.8 Å². The van der Waals surface area contributed by atoms with Crippen LogP contribution < -0.4 is 14.8 Å². The standard InChI is InChI=1S/C21H20F2N2O3S/c1-3-10-28-18-9-4-14(12-19(18)27-2)11-15(13-24)20(26)25-16-5-7-17(8-6-16)29-21(22)23/h4-9,11-12,21H,3,10H2,1-2H3,(H,25,26)/b15-11+. The average molecular weight is 418 g/mol. The summed E-state index contributed by atoms with van der Waals surface area (Å²) >= 11 is 0.416. The van der Waals surface area contributed by atoms with Crippen molar-refractivity contribution in [3.8, 4) is 17.6 Å². The molecule has 0 atom stereocenters. The van der Waals surface area contributed by atoms with E-state index >= 15 is 0 Å². The van der Waals surface area contributed by atoms with Gasteiger partial charge in [0.15, 0.2) is 11.5 Å². The predicted octanol–water partition coefficient (Wildman–Crippen LogP) is 5.34. The van der Waals surface area contributed by atoms with Crippen molar-refractivity contribution in [3.63, 3.8) is 0 Å². The minimum atomic E-state index is -2.51. The molecule has 29 heavy (non-hydrogen) atoms. The molecule has 0 radical (unpaired) electrons. The van der Waals surface area contributed by atoms with Crippen LogP contribution in [0, 0.1) is 11.3 Å². The maximum absolute atomic E-state index is 12.4. The number of nitrogens with one attached hydrogen (secondary N) is 1. The number of carbonyl (C=O) groups is 1. The fraction of sp³-hybridized carbons (Fsp3) is 0.238. The van der Waals surface area contributed by atoms with E-state index in [1.165, 1.54) is 37.5 Å². The molecule has 0 aliphatic heterocycles. The number of halogens is 2. The largest absolute Gasteiger partial charge is 0.493 e. The van der Waals surface area contributed by atoms with Gasteiger partial charge in [-0.3, -0.25) is 4.79 Å². The van der Waals surface area contributed by atoms with Crippen LogP contribution in [0.2, 0.25) is 0 Å². The SMILES string of the molecule is CCCOc1ccc(/C=C(\C#N)C(=O)Nc2ccc(SC(F)F)cc2)cc1OC. The Hall–Kier alpha value is -3.05. The summed E-state index contributed by atoms with van der Waals surface area (Å²) in [5, 5.41) is 11.9. The highest BCUT2D eigenvalue weighted by Crippen LogP contribution is 2.29. The number of methoxy groups -OCH3 is 1. The number of thioether (sulfide) groups is 1. The molecule has 1 N–H and O–H groups in total. The normalized spacial score (nSPS) is 11.1. The molecule has 0 saturated heterocycles. The maximum Gasteiger partial charge on any atom is 0.288 e. The zero-order valence-corrected chi connectivity index (χ0v) is 16.8. The second-order valence-electron chi connectivity index (χ2n) is 5.79. The molecule has 2 aromatic rings. The first-order valence-electron chi connectivity index (χ1n) is 8.75. The van der Waals surface area contributed by atoms with Crippen molar-refractivity contribution in [2.24, 2.45) is 0 Å². The lowest BCUT2D eigenvalue weighted by molar-refractivity contribution is -0.112. The molecule has 5 nitrogen and oxygen atoms in total. The Kier molecular flexibility index (Phi) is 8.49. The van der Waals surface area contributed by atoms with E-state index in [0.717, 1.165) is 6.42 Å². The first-order valence-corrected chi connectivity index (χ1v) is 9.63. The Morgan fingerprint density at radius 2 is 1.97 bits per heavy atom. The van der Waals surface area contributed by atoms with Crippen LogP contribution in [0.15, 0.2) is 52.9 Å². The zero-order chi connectivity index (χ0) is 21.2. The van der Waals surface area contributed by atoms with Crippen molar-refractivity contribution in [2.45, 2.75) is 24.0 Å². The second kappa shape index (κ2) is 11.1. The number of alkyl halides is 2. The van der Waals surface area contributed by atoms with E-state index in [1.54, 1.807) is 18.2 Å². The van der Waals surface area contributed by atoms with Crippen LogP contribution in [0.4, 0.5) is 14.5 Å². The highest BCUT2D eigenvalue weighted by molar-refractivity contribution is 7.99. The van der Waals surface area contributed by atoms with Crippen molar-refractivity contribution in [1.29, 1.82) is 5.26 Å². The molecular weight excluding hydrogens is 398 g/mol. The van der Waals surface area contributed by atoms with Gasteiger partial charge in [0.1, 0.15) is 11.6 Å². The molecule has 0 unspecified atom stereocenters. The van der Waals surface area contributed by atoms with Crippen molar-refractivity contribution in [3.05, 3.63) is 53.6 Å². The molecule has 0 fully saturated rings. The summed E-state index contributed by atoms with van der Waals surface area (Å²) in [6.45, 7) is 2.54. The first-order chi connectivity index (χ1) is 14.0. The van der Waals surface area contributed by atoms with Crippen LogP contribution in [0.3, 0.4) is 0 Å². The van der Waals surface area contributed by atoms with Crippen LogP contribution in [0.1, 0.15) is 18.9 Å². The number of hydrogen-bond donors (Lipinski definition) is 1. The van der Waals surface area contributed by atoms with Gasteiger partial charge in [-0.05, 0) is 54.5 Å². The third kappa shape index (κ3) is 6.80. The molecule has 2 aromatic carbocycles. The molecule has 0 aliphatic carbocycles. The minimum absolute atomic E-state index is 0.111. The van der Waals surface area contributed by atoms with Gasteiger partial charge in [0, 0.05) is 10.6 Å². The Morgan fingerprint density at radius 3 is 2.55 bits per heavy atom. The number of rotatable bonds is 9. The van der Waals surface area contributed by atoms with Gasteiger partial charge in [-0.15, -0.1) is 0 Å². The van der Waals surface area contributed by atoms with Gasteiger partial charge in [0.05, 0.1) is 13.7 Å². The zero-order valence-electron chi connectivity index (χ0n) is 15.9. The fourth-order valence-corrected chi connectivity index (χ4v) is 2.84. The maximum atomic E-state index is 12.4. The molecule has 0 aromatic heterocycles. The van der Waals surface area contributed by atoms with Crippen LogP contribution in [0.25, 0.3) is 6.08 Å². The van der Waals surface area contributed by atoms with Gasteiger partial charge >= 0.3 is 0 Å². The lowest BCUT2D eigenvalue weighted by Gasteiger charge is -2.11. The fourth-order valence-electron chi connectivity index (χ4n) is 2.34. The van der Waals surface area contributed by atoms with Crippen molar-refractivity contribution in [1.82, 2.24) is 0 Å². The van der Waals surface area contributed by atoms with Crippen molar-refractivity contribution in [2.75, 3.05) is 19.0 Å². The van der Waals surface area contributed by atoms with Crippen LogP contribution in [-0.2, 0) is 4.79 Å². The lowest BCUT2D eigenvalue weighted by Crippen LogP contribution is -2.13. The summed E-state index contributed by atoms with van der Waals surface area (Å²) in [4.78, 5) is 12.8. The van der Waals surface area contributed by atoms with Gasteiger partial charge in [0.25, 0.3) is 11.7 Å². The third-order valence-electron chi connectivity index (χ3n) is 3.66. The Labute approximate surface area is 172 Å². The first kappa shape index (κ1) is 22.2. The monoisotopic (exact) mass is 418 g/mol. The van der Waals surface area contributed by atoms with Gasteiger partial charge in [0.2, 0.25) is 0 Å². The topological polar surface area (TPSA) is 71.3 Å².